The SMILES string of the molecule is Cc1ccc(=O)n(C2CCC(NC(=O)c3noc4c3CCCC4)CC2)n1. The van der Waals surface area contributed by atoms with Gasteiger partial charge in [0.2, 0.25) is 0 Å². The second-order valence-electron chi connectivity index (χ2n) is 7.38. The summed E-state index contributed by atoms with van der Waals surface area (Å²) in [6, 6.07) is 3.53. The smallest absolute Gasteiger partial charge is 0.273 e. The largest absolute Gasteiger partial charge is 0.360 e. The van der Waals surface area contributed by atoms with E-state index in [0.717, 1.165) is 68.4 Å². The fraction of sp³-hybridized carbons (Fsp3) is 0.579. The lowest BCUT2D eigenvalue weighted by Gasteiger charge is -2.29. The van der Waals surface area contributed by atoms with E-state index in [4.69, 9.17) is 4.52 Å². The summed E-state index contributed by atoms with van der Waals surface area (Å²) >= 11 is 0. The molecule has 7 heteroatoms. The highest BCUT2D eigenvalue weighted by atomic mass is 16.5. The first kappa shape index (κ1) is 17.0. The van der Waals surface area contributed by atoms with Gasteiger partial charge in [-0.2, -0.15) is 5.10 Å². The number of nitrogens with zero attached hydrogens (tertiary/aromatic N) is 3. The van der Waals surface area contributed by atoms with E-state index in [9.17, 15) is 9.59 Å². The summed E-state index contributed by atoms with van der Waals surface area (Å²) in [6.45, 7) is 1.89. The molecule has 0 unspecified atom stereocenters. The van der Waals surface area contributed by atoms with Gasteiger partial charge in [0, 0.05) is 24.1 Å². The van der Waals surface area contributed by atoms with Crippen LogP contribution in [0.4, 0.5) is 0 Å². The molecule has 0 bridgehead atoms. The van der Waals surface area contributed by atoms with E-state index in [0.29, 0.717) is 5.69 Å². The Labute approximate surface area is 151 Å². The zero-order valence-corrected chi connectivity index (χ0v) is 15.0. The molecule has 2 aromatic rings. The van der Waals surface area contributed by atoms with E-state index in [2.05, 4.69) is 15.6 Å². The van der Waals surface area contributed by atoms with E-state index < -0.39 is 0 Å². The van der Waals surface area contributed by atoms with Gasteiger partial charge in [-0.05, 0) is 57.9 Å². The quantitative estimate of drug-likeness (QED) is 0.911. The molecular formula is C19H24N4O3. The van der Waals surface area contributed by atoms with Gasteiger partial charge in [0.05, 0.1) is 11.7 Å². The van der Waals surface area contributed by atoms with Crippen molar-refractivity contribution >= 4 is 5.91 Å². The second kappa shape index (κ2) is 7.05. The highest BCUT2D eigenvalue weighted by Gasteiger charge is 2.28. The van der Waals surface area contributed by atoms with Crippen LogP contribution in [0.3, 0.4) is 0 Å². The molecule has 1 saturated carbocycles. The van der Waals surface area contributed by atoms with Gasteiger partial charge >= 0.3 is 0 Å². The topological polar surface area (TPSA) is 90.0 Å². The highest BCUT2D eigenvalue weighted by Crippen LogP contribution is 2.28. The molecule has 4 rings (SSSR count). The van der Waals surface area contributed by atoms with Gasteiger partial charge in [-0.25, -0.2) is 4.68 Å². The molecule has 0 saturated heterocycles. The summed E-state index contributed by atoms with van der Waals surface area (Å²) in [5.41, 5.74) is 2.23. The molecule has 2 heterocycles. The van der Waals surface area contributed by atoms with Gasteiger partial charge in [0.25, 0.3) is 11.5 Å². The number of carbonyl (C=O) groups excluding carboxylic acids is 1. The Morgan fingerprint density at radius 2 is 1.96 bits per heavy atom. The molecule has 0 aromatic carbocycles. The van der Waals surface area contributed by atoms with Gasteiger partial charge in [0.1, 0.15) is 5.76 Å². The number of carbonyl (C=O) groups is 1. The summed E-state index contributed by atoms with van der Waals surface area (Å²) in [7, 11) is 0. The molecular weight excluding hydrogens is 332 g/mol. The van der Waals surface area contributed by atoms with Crippen LogP contribution in [0.1, 0.15) is 72.1 Å². The standard InChI is InChI=1S/C19H24N4O3/c1-12-6-11-17(24)23(21-12)14-9-7-13(8-10-14)20-19(25)18-15-4-2-3-5-16(15)26-22-18/h6,11,13-14H,2-5,7-10H2,1H3,(H,20,25). The number of hydrogen-bond donors (Lipinski definition) is 1. The van der Waals surface area contributed by atoms with Crippen LogP contribution in [-0.4, -0.2) is 26.9 Å². The maximum Gasteiger partial charge on any atom is 0.273 e. The number of nitrogens with one attached hydrogen (secondary N) is 1. The van der Waals surface area contributed by atoms with Crippen LogP contribution in [0.5, 0.6) is 0 Å². The molecule has 2 aliphatic carbocycles. The van der Waals surface area contributed by atoms with Gasteiger partial charge in [-0.3, -0.25) is 9.59 Å². The van der Waals surface area contributed by atoms with E-state index >= 15 is 0 Å². The summed E-state index contributed by atoms with van der Waals surface area (Å²) in [6.07, 6.45) is 7.25. The Kier molecular flexibility index (Phi) is 4.61. The van der Waals surface area contributed by atoms with Gasteiger partial charge < -0.3 is 9.84 Å². The average molecular weight is 356 g/mol. The van der Waals surface area contributed by atoms with Crippen LogP contribution in [0.2, 0.25) is 0 Å². The highest BCUT2D eigenvalue weighted by molar-refractivity contribution is 5.94. The van der Waals surface area contributed by atoms with Crippen molar-refractivity contribution in [3.8, 4) is 0 Å². The molecule has 7 nitrogen and oxygen atoms in total. The minimum absolute atomic E-state index is 0.0580. The third-order valence-electron chi connectivity index (χ3n) is 5.50. The lowest BCUT2D eigenvalue weighted by Crippen LogP contribution is -2.40. The minimum Gasteiger partial charge on any atom is -0.360 e. The van der Waals surface area contributed by atoms with E-state index in [1.807, 2.05) is 6.92 Å². The first-order valence-electron chi connectivity index (χ1n) is 9.46. The number of rotatable bonds is 3. The molecule has 138 valence electrons. The van der Waals surface area contributed by atoms with Crippen LogP contribution >= 0.6 is 0 Å². The predicted molar refractivity (Wildman–Crippen MR) is 95.1 cm³/mol. The second-order valence-corrected chi connectivity index (χ2v) is 7.38. The third-order valence-corrected chi connectivity index (χ3v) is 5.50. The average Bonchev–Trinajstić information content (AvgIpc) is 3.09. The monoisotopic (exact) mass is 356 g/mol. The van der Waals surface area contributed by atoms with Gasteiger partial charge in [-0.15, -0.1) is 0 Å². The molecule has 0 atom stereocenters. The normalized spacial score (nSPS) is 22.7. The molecule has 26 heavy (non-hydrogen) atoms. The maximum atomic E-state index is 12.6. The van der Waals surface area contributed by atoms with Crippen molar-refractivity contribution in [2.45, 2.75) is 70.4 Å². The van der Waals surface area contributed by atoms with Crippen LogP contribution in [0.25, 0.3) is 0 Å². The van der Waals surface area contributed by atoms with Gasteiger partial charge in [0.15, 0.2) is 5.69 Å². The van der Waals surface area contributed by atoms with Crippen molar-refractivity contribution in [1.29, 1.82) is 0 Å². The maximum absolute atomic E-state index is 12.6. The summed E-state index contributed by atoms with van der Waals surface area (Å²) in [5.74, 6) is 0.737. The zero-order valence-electron chi connectivity index (χ0n) is 15.0. The lowest BCUT2D eigenvalue weighted by molar-refractivity contribution is 0.0911. The van der Waals surface area contributed by atoms with E-state index in [-0.39, 0.29) is 23.6 Å². The van der Waals surface area contributed by atoms with Crippen molar-refractivity contribution in [3.05, 3.63) is 45.2 Å². The van der Waals surface area contributed by atoms with Crippen molar-refractivity contribution in [2.75, 3.05) is 0 Å². The summed E-state index contributed by atoms with van der Waals surface area (Å²) < 4.78 is 6.94. The number of fused-ring (bicyclic) bond motifs is 1. The molecule has 2 aromatic heterocycles. The van der Waals surface area contributed by atoms with Gasteiger partial charge in [-0.1, -0.05) is 5.16 Å². The van der Waals surface area contributed by atoms with E-state index in [1.165, 1.54) is 0 Å². The van der Waals surface area contributed by atoms with Crippen LogP contribution in [0, 0.1) is 6.92 Å². The summed E-state index contributed by atoms with van der Waals surface area (Å²) in [5, 5.41) is 11.5. The van der Waals surface area contributed by atoms with Crippen LogP contribution in [-0.2, 0) is 12.8 Å². The number of aromatic nitrogens is 3. The fourth-order valence-corrected chi connectivity index (χ4v) is 4.06. The predicted octanol–water partition coefficient (Wildman–Crippen LogP) is 2.33. The minimum atomic E-state index is -0.133. The number of amides is 1. The van der Waals surface area contributed by atoms with Crippen molar-refractivity contribution < 1.29 is 9.32 Å². The summed E-state index contributed by atoms with van der Waals surface area (Å²) in [4.78, 5) is 24.6. The Hall–Kier alpha value is -2.44. The Morgan fingerprint density at radius 3 is 2.77 bits per heavy atom. The van der Waals surface area contributed by atoms with Crippen LogP contribution < -0.4 is 10.9 Å². The molecule has 1 amide bonds. The fourth-order valence-electron chi connectivity index (χ4n) is 4.06. The lowest BCUT2D eigenvalue weighted by atomic mass is 9.90. The third kappa shape index (κ3) is 3.30. The van der Waals surface area contributed by atoms with Crippen molar-refractivity contribution in [2.24, 2.45) is 0 Å². The molecule has 0 radical (unpaired) electrons. The molecule has 0 aliphatic heterocycles. The zero-order chi connectivity index (χ0) is 18.1. The molecule has 1 fully saturated rings. The molecule has 1 N–H and O–H groups in total. The Bertz CT molecular complexity index is 862. The number of aryl methyl sites for hydroxylation is 2. The first-order valence-corrected chi connectivity index (χ1v) is 9.46. The van der Waals surface area contributed by atoms with E-state index in [1.54, 1.807) is 16.8 Å². The van der Waals surface area contributed by atoms with Crippen molar-refractivity contribution in [1.82, 2.24) is 20.3 Å². The number of hydrogen-bond acceptors (Lipinski definition) is 5. The Morgan fingerprint density at radius 1 is 1.19 bits per heavy atom. The van der Waals surface area contributed by atoms with Crippen LogP contribution in [0.15, 0.2) is 21.5 Å². The van der Waals surface area contributed by atoms with Crippen molar-refractivity contribution in [3.63, 3.8) is 0 Å². The first-order chi connectivity index (χ1) is 12.6. The molecule has 2 aliphatic rings. The molecule has 0 spiro atoms. The Balaban J connectivity index is 1.38.